The minimum atomic E-state index is -0.642. The minimum Gasteiger partial charge on any atom is -0.497 e. The van der Waals surface area contributed by atoms with Crippen molar-refractivity contribution >= 4 is 40.8 Å². The fourth-order valence-electron chi connectivity index (χ4n) is 3.64. The van der Waals surface area contributed by atoms with Crippen LogP contribution in [0.3, 0.4) is 0 Å². The number of nitrogens with zero attached hydrogens (tertiary/aromatic N) is 1. The van der Waals surface area contributed by atoms with E-state index in [-0.39, 0.29) is 16.6 Å². The fraction of sp³-hybridized carbons (Fsp3) is 0.148. The van der Waals surface area contributed by atoms with E-state index in [1.54, 1.807) is 54.6 Å². The molecule has 0 radical (unpaired) electrons. The quantitative estimate of drug-likeness (QED) is 0.268. The summed E-state index contributed by atoms with van der Waals surface area (Å²) in [4.78, 5) is 39.3. The average molecular weight is 491 g/mol. The molecule has 0 aliphatic carbocycles. The van der Waals surface area contributed by atoms with E-state index in [4.69, 9.17) is 21.1 Å². The van der Waals surface area contributed by atoms with Gasteiger partial charge in [0.15, 0.2) is 0 Å². The van der Waals surface area contributed by atoms with E-state index < -0.39 is 17.8 Å². The first kappa shape index (κ1) is 24.0. The van der Waals surface area contributed by atoms with Crippen LogP contribution in [0.2, 0.25) is 0 Å². The molecule has 8 heteroatoms. The molecule has 3 aromatic carbocycles. The van der Waals surface area contributed by atoms with E-state index in [0.717, 1.165) is 10.5 Å². The molecular formula is C27H23ClN2O5. The number of nitrogens with one attached hydrogen (secondary N) is 1. The van der Waals surface area contributed by atoms with Crippen molar-refractivity contribution in [1.29, 1.82) is 0 Å². The fourth-order valence-corrected chi connectivity index (χ4v) is 3.85. The molecule has 1 heterocycles. The second-order valence-electron chi connectivity index (χ2n) is 8.12. The summed E-state index contributed by atoms with van der Waals surface area (Å²) in [5.74, 6) is -0.526. The first-order valence-electron chi connectivity index (χ1n) is 10.9. The van der Waals surface area contributed by atoms with Crippen molar-refractivity contribution in [3.05, 3.63) is 94.7 Å². The smallest absolute Gasteiger partial charge is 0.343 e. The van der Waals surface area contributed by atoms with E-state index in [0.29, 0.717) is 28.4 Å². The number of halogens is 1. The second-order valence-corrected chi connectivity index (χ2v) is 8.50. The molecule has 0 atom stereocenters. The highest BCUT2D eigenvalue weighted by Crippen LogP contribution is 2.32. The molecule has 0 bridgehead atoms. The van der Waals surface area contributed by atoms with Crippen LogP contribution in [-0.4, -0.2) is 24.9 Å². The Kier molecular flexibility index (Phi) is 6.89. The Bertz CT molecular complexity index is 1330. The Morgan fingerprint density at radius 1 is 0.943 bits per heavy atom. The summed E-state index contributed by atoms with van der Waals surface area (Å²) in [6, 6.07) is 20.3. The van der Waals surface area contributed by atoms with Gasteiger partial charge in [0.2, 0.25) is 0 Å². The monoisotopic (exact) mass is 490 g/mol. The Morgan fingerprint density at radius 3 is 2.34 bits per heavy atom. The number of amides is 2. The summed E-state index contributed by atoms with van der Waals surface area (Å²) >= 11 is 6.20. The summed E-state index contributed by atoms with van der Waals surface area (Å²) in [7, 11) is 1.49. The summed E-state index contributed by atoms with van der Waals surface area (Å²) in [6.45, 7) is 4.05. The molecule has 1 aliphatic rings. The van der Waals surface area contributed by atoms with Gasteiger partial charge < -0.3 is 14.8 Å². The van der Waals surface area contributed by atoms with Gasteiger partial charge in [0.1, 0.15) is 22.2 Å². The number of para-hydroxylation sites is 1. The van der Waals surface area contributed by atoms with Crippen LogP contribution in [0.25, 0.3) is 0 Å². The van der Waals surface area contributed by atoms with Crippen LogP contribution < -0.4 is 19.7 Å². The van der Waals surface area contributed by atoms with Gasteiger partial charge in [0.25, 0.3) is 11.8 Å². The summed E-state index contributed by atoms with van der Waals surface area (Å²) in [6.07, 6.45) is 0. The van der Waals surface area contributed by atoms with Gasteiger partial charge in [-0.15, -0.1) is 0 Å². The summed E-state index contributed by atoms with van der Waals surface area (Å²) in [5, 5.41) is 2.66. The van der Waals surface area contributed by atoms with Crippen molar-refractivity contribution < 1.29 is 23.9 Å². The minimum absolute atomic E-state index is 0.0549. The van der Waals surface area contributed by atoms with Crippen molar-refractivity contribution in [2.24, 2.45) is 0 Å². The molecule has 0 spiro atoms. The average Bonchev–Trinajstić information content (AvgIpc) is 3.07. The van der Waals surface area contributed by atoms with Crippen LogP contribution in [0.1, 0.15) is 35.7 Å². The van der Waals surface area contributed by atoms with Crippen molar-refractivity contribution in [2.45, 2.75) is 19.8 Å². The van der Waals surface area contributed by atoms with Gasteiger partial charge in [-0.3, -0.25) is 9.59 Å². The largest absolute Gasteiger partial charge is 0.497 e. The zero-order valence-corrected chi connectivity index (χ0v) is 20.1. The van der Waals surface area contributed by atoms with Crippen molar-refractivity contribution in [3.63, 3.8) is 0 Å². The van der Waals surface area contributed by atoms with Crippen LogP contribution >= 0.6 is 11.6 Å². The van der Waals surface area contributed by atoms with Crippen LogP contribution in [0.5, 0.6) is 11.5 Å². The van der Waals surface area contributed by atoms with Gasteiger partial charge in [0, 0.05) is 11.8 Å². The number of rotatable bonds is 7. The SMILES string of the molecule is COc1cccc(N2C(=O)C(Cl)=C(Nc3ccc(C(=O)Oc4ccccc4C(C)C)cc3)C2=O)c1. The lowest BCUT2D eigenvalue weighted by molar-refractivity contribution is -0.120. The first-order chi connectivity index (χ1) is 16.8. The zero-order chi connectivity index (χ0) is 25.1. The molecule has 1 N–H and O–H groups in total. The van der Waals surface area contributed by atoms with Gasteiger partial charge in [-0.1, -0.05) is 49.7 Å². The van der Waals surface area contributed by atoms with E-state index in [9.17, 15) is 14.4 Å². The molecule has 0 fully saturated rings. The lowest BCUT2D eigenvalue weighted by Crippen LogP contribution is -2.32. The molecule has 4 rings (SSSR count). The van der Waals surface area contributed by atoms with E-state index in [1.807, 2.05) is 32.0 Å². The third kappa shape index (κ3) is 4.90. The van der Waals surface area contributed by atoms with Gasteiger partial charge in [0.05, 0.1) is 18.4 Å². The highest BCUT2D eigenvalue weighted by molar-refractivity contribution is 6.53. The molecule has 35 heavy (non-hydrogen) atoms. The molecule has 2 amide bonds. The maximum Gasteiger partial charge on any atom is 0.343 e. The summed E-state index contributed by atoms with van der Waals surface area (Å²) < 4.78 is 10.8. The molecule has 1 aliphatic heterocycles. The molecule has 178 valence electrons. The molecule has 0 saturated heterocycles. The molecule has 3 aromatic rings. The molecule has 7 nitrogen and oxygen atoms in total. The Hall–Kier alpha value is -4.10. The van der Waals surface area contributed by atoms with Crippen LogP contribution in [0, 0.1) is 0 Å². The topological polar surface area (TPSA) is 84.9 Å². The van der Waals surface area contributed by atoms with Gasteiger partial charge in [-0.25, -0.2) is 9.69 Å². The van der Waals surface area contributed by atoms with Crippen LogP contribution in [-0.2, 0) is 9.59 Å². The molecule has 0 saturated carbocycles. The van der Waals surface area contributed by atoms with Crippen LogP contribution in [0.15, 0.2) is 83.5 Å². The normalized spacial score (nSPS) is 13.5. The number of benzene rings is 3. The Balaban J connectivity index is 1.49. The van der Waals surface area contributed by atoms with Gasteiger partial charge >= 0.3 is 5.97 Å². The Labute approximate surface area is 207 Å². The van der Waals surface area contributed by atoms with Crippen molar-refractivity contribution in [2.75, 3.05) is 17.3 Å². The molecule has 0 aromatic heterocycles. The van der Waals surface area contributed by atoms with E-state index in [2.05, 4.69) is 5.32 Å². The number of anilines is 2. The maximum absolute atomic E-state index is 13.0. The number of ether oxygens (including phenoxy) is 2. The number of esters is 1. The van der Waals surface area contributed by atoms with E-state index in [1.165, 1.54) is 7.11 Å². The van der Waals surface area contributed by atoms with E-state index >= 15 is 0 Å². The predicted octanol–water partition coefficient (Wildman–Crippen LogP) is 5.47. The highest BCUT2D eigenvalue weighted by atomic mass is 35.5. The summed E-state index contributed by atoms with van der Waals surface area (Å²) in [5.41, 5.74) is 2.03. The number of imide groups is 1. The van der Waals surface area contributed by atoms with Crippen LogP contribution in [0.4, 0.5) is 11.4 Å². The number of methoxy groups -OCH3 is 1. The predicted molar refractivity (Wildman–Crippen MR) is 134 cm³/mol. The zero-order valence-electron chi connectivity index (χ0n) is 19.4. The maximum atomic E-state index is 13.0. The Morgan fingerprint density at radius 2 is 1.66 bits per heavy atom. The lowest BCUT2D eigenvalue weighted by Gasteiger charge is -2.16. The number of carbonyl (C=O) groups excluding carboxylic acids is 3. The number of hydrogen-bond donors (Lipinski definition) is 1. The van der Waals surface area contributed by atoms with Gasteiger partial charge in [-0.05, 0) is 53.9 Å². The molecule has 0 unspecified atom stereocenters. The molecular weight excluding hydrogens is 468 g/mol. The number of hydrogen-bond acceptors (Lipinski definition) is 6. The number of carbonyl (C=O) groups is 3. The second kappa shape index (κ2) is 10.0. The van der Waals surface area contributed by atoms with Crippen molar-refractivity contribution in [3.8, 4) is 11.5 Å². The van der Waals surface area contributed by atoms with Crippen molar-refractivity contribution in [1.82, 2.24) is 0 Å². The lowest BCUT2D eigenvalue weighted by atomic mass is 10.0. The van der Waals surface area contributed by atoms with Gasteiger partial charge in [-0.2, -0.15) is 0 Å². The third-order valence-corrected chi connectivity index (χ3v) is 5.82. The first-order valence-corrected chi connectivity index (χ1v) is 11.3. The third-order valence-electron chi connectivity index (χ3n) is 5.47. The standard InChI is InChI=1S/C27H23ClN2O5/c1-16(2)21-9-4-5-10-22(21)35-27(33)17-11-13-18(14-12-17)29-24-23(28)25(31)30(26(24)32)19-7-6-8-20(15-19)34-3/h4-16,29H,1-3H3. The highest BCUT2D eigenvalue weighted by Gasteiger charge is 2.39.